The van der Waals surface area contributed by atoms with Crippen molar-refractivity contribution in [2.24, 2.45) is 0 Å². The molecule has 7 nitrogen and oxygen atoms in total. The third-order valence-corrected chi connectivity index (χ3v) is 4.41. The molecule has 0 fully saturated rings. The number of fused-ring (bicyclic) bond motifs is 1. The maximum Gasteiger partial charge on any atom is 0.276 e. The van der Waals surface area contributed by atoms with Crippen LogP contribution in [-0.2, 0) is 16.4 Å². The number of carbonyl (C=O) groups is 1. The second-order valence-electron chi connectivity index (χ2n) is 5.04. The Morgan fingerprint density at radius 2 is 2.05 bits per heavy atom. The summed E-state index contributed by atoms with van der Waals surface area (Å²) in [5, 5.41) is 6.87. The Kier molecular flexibility index (Phi) is 3.61. The number of amides is 1. The van der Waals surface area contributed by atoms with E-state index in [1.807, 2.05) is 0 Å². The minimum atomic E-state index is -3.25. The van der Waals surface area contributed by atoms with Gasteiger partial charge in [0.05, 0.1) is 11.5 Å². The van der Waals surface area contributed by atoms with Crippen molar-refractivity contribution < 1.29 is 17.9 Å². The van der Waals surface area contributed by atoms with E-state index in [0.29, 0.717) is 18.2 Å². The second-order valence-corrected chi connectivity index (χ2v) is 7.06. The average Bonchev–Trinajstić information content (AvgIpc) is 2.91. The first-order valence-electron chi connectivity index (χ1n) is 6.75. The van der Waals surface area contributed by atoms with Gasteiger partial charge in [0, 0.05) is 31.0 Å². The van der Waals surface area contributed by atoms with E-state index in [0.717, 1.165) is 19.2 Å². The van der Waals surface area contributed by atoms with E-state index in [-0.39, 0.29) is 16.5 Å². The summed E-state index contributed by atoms with van der Waals surface area (Å²) < 4.78 is 29.8. The summed E-state index contributed by atoms with van der Waals surface area (Å²) in [4.78, 5) is 12.4. The van der Waals surface area contributed by atoms with Gasteiger partial charge in [0.2, 0.25) is 5.88 Å². The van der Waals surface area contributed by atoms with Gasteiger partial charge in [-0.25, -0.2) is 13.1 Å². The van der Waals surface area contributed by atoms with E-state index in [1.54, 1.807) is 22.9 Å². The predicted octanol–water partition coefficient (Wildman–Crippen LogP) is 1.32. The van der Waals surface area contributed by atoms with Crippen molar-refractivity contribution >= 4 is 21.4 Å². The molecule has 0 unspecified atom stereocenters. The van der Waals surface area contributed by atoms with Crippen LogP contribution in [0.3, 0.4) is 0 Å². The van der Waals surface area contributed by atoms with E-state index < -0.39 is 9.84 Å². The van der Waals surface area contributed by atoms with Crippen LogP contribution in [0.25, 0.3) is 0 Å². The first kappa shape index (κ1) is 14.6. The largest absolute Gasteiger partial charge is 0.478 e. The fourth-order valence-corrected chi connectivity index (χ4v) is 2.79. The van der Waals surface area contributed by atoms with Crippen LogP contribution in [0, 0.1) is 0 Å². The molecule has 8 heteroatoms. The fraction of sp³-hybridized carbons (Fsp3) is 0.286. The number of aromatic nitrogens is 2. The lowest BCUT2D eigenvalue weighted by molar-refractivity contribution is 0.102. The van der Waals surface area contributed by atoms with Crippen LogP contribution in [0.2, 0.25) is 0 Å². The third kappa shape index (κ3) is 2.96. The number of hydrogen-bond donors (Lipinski definition) is 1. The Labute approximate surface area is 127 Å². The minimum absolute atomic E-state index is 0.205. The number of sulfone groups is 1. The first-order chi connectivity index (χ1) is 10.4. The lowest BCUT2D eigenvalue weighted by atomic mass is 10.3. The van der Waals surface area contributed by atoms with Crippen LogP contribution in [0.15, 0.2) is 35.2 Å². The molecule has 1 aromatic carbocycles. The number of rotatable bonds is 3. The van der Waals surface area contributed by atoms with Crippen molar-refractivity contribution in [3.8, 4) is 5.88 Å². The number of nitrogens with zero attached hydrogens (tertiary/aromatic N) is 2. The van der Waals surface area contributed by atoms with Crippen LogP contribution >= 0.6 is 0 Å². The molecular weight excluding hydrogens is 306 g/mol. The van der Waals surface area contributed by atoms with Gasteiger partial charge in [0.1, 0.15) is 0 Å². The zero-order chi connectivity index (χ0) is 15.7. The van der Waals surface area contributed by atoms with Gasteiger partial charge in [-0.15, -0.1) is 0 Å². The molecule has 1 aliphatic heterocycles. The third-order valence-electron chi connectivity index (χ3n) is 3.28. The molecule has 0 radical (unpaired) electrons. The van der Waals surface area contributed by atoms with Gasteiger partial charge in [-0.2, -0.15) is 5.10 Å². The lowest BCUT2D eigenvalue weighted by Gasteiger charge is -2.13. The second kappa shape index (κ2) is 5.45. The molecule has 116 valence electrons. The highest BCUT2D eigenvalue weighted by Crippen LogP contribution is 2.20. The number of ether oxygens (including phenoxy) is 1. The SMILES string of the molecule is CS(=O)(=O)c1ccc(NC(=O)c2cc3n(n2)CCCO3)cc1. The first-order valence-corrected chi connectivity index (χ1v) is 8.65. The molecule has 0 aliphatic carbocycles. The zero-order valence-corrected chi connectivity index (χ0v) is 12.8. The highest BCUT2D eigenvalue weighted by Gasteiger charge is 2.18. The van der Waals surface area contributed by atoms with Crippen LogP contribution in [-0.4, -0.2) is 37.0 Å². The molecule has 0 saturated carbocycles. The molecule has 1 N–H and O–H groups in total. The number of aryl methyl sites for hydroxylation is 1. The fourth-order valence-electron chi connectivity index (χ4n) is 2.16. The monoisotopic (exact) mass is 321 g/mol. The van der Waals surface area contributed by atoms with Crippen molar-refractivity contribution in [2.75, 3.05) is 18.2 Å². The molecule has 2 heterocycles. The summed E-state index contributed by atoms with van der Waals surface area (Å²) in [6.07, 6.45) is 2.00. The molecule has 0 spiro atoms. The van der Waals surface area contributed by atoms with Gasteiger partial charge >= 0.3 is 0 Å². The summed E-state index contributed by atoms with van der Waals surface area (Å²) in [7, 11) is -3.25. The Balaban J connectivity index is 1.75. The Bertz CT molecular complexity index is 786. The highest BCUT2D eigenvalue weighted by molar-refractivity contribution is 7.90. The molecule has 0 saturated heterocycles. The molecule has 0 bridgehead atoms. The van der Waals surface area contributed by atoms with Crippen molar-refractivity contribution in [1.29, 1.82) is 0 Å². The van der Waals surface area contributed by atoms with E-state index >= 15 is 0 Å². The number of nitrogens with one attached hydrogen (secondary N) is 1. The summed E-state index contributed by atoms with van der Waals surface area (Å²) in [6, 6.07) is 7.58. The van der Waals surface area contributed by atoms with Gasteiger partial charge in [0.25, 0.3) is 5.91 Å². The lowest BCUT2D eigenvalue weighted by Crippen LogP contribution is -2.16. The molecule has 3 rings (SSSR count). The van der Waals surface area contributed by atoms with Crippen molar-refractivity contribution in [1.82, 2.24) is 9.78 Å². The highest BCUT2D eigenvalue weighted by atomic mass is 32.2. The van der Waals surface area contributed by atoms with Crippen LogP contribution in [0.5, 0.6) is 5.88 Å². The maximum absolute atomic E-state index is 12.2. The van der Waals surface area contributed by atoms with E-state index in [1.165, 1.54) is 12.1 Å². The molecule has 1 amide bonds. The quantitative estimate of drug-likeness (QED) is 0.921. The van der Waals surface area contributed by atoms with Crippen molar-refractivity contribution in [2.45, 2.75) is 17.9 Å². The molecular formula is C14H15N3O4S. The van der Waals surface area contributed by atoms with E-state index in [9.17, 15) is 13.2 Å². The summed E-state index contributed by atoms with van der Waals surface area (Å²) in [5.41, 5.74) is 0.772. The zero-order valence-electron chi connectivity index (χ0n) is 11.9. The Morgan fingerprint density at radius 1 is 1.32 bits per heavy atom. The number of carbonyl (C=O) groups excluding carboxylic acids is 1. The average molecular weight is 321 g/mol. The van der Waals surface area contributed by atoms with Gasteiger partial charge in [-0.1, -0.05) is 0 Å². The standard InChI is InChI=1S/C14H15N3O4S/c1-22(19,20)11-5-3-10(4-6-11)15-14(18)12-9-13-17(16-12)7-2-8-21-13/h3-6,9H,2,7-8H2,1H3,(H,15,18). The van der Waals surface area contributed by atoms with Gasteiger partial charge in [-0.05, 0) is 24.3 Å². The Morgan fingerprint density at radius 3 is 2.68 bits per heavy atom. The van der Waals surface area contributed by atoms with Gasteiger partial charge < -0.3 is 10.1 Å². The Hall–Kier alpha value is -2.35. The summed E-state index contributed by atoms with van der Waals surface area (Å²) in [5.74, 6) is 0.224. The van der Waals surface area contributed by atoms with Crippen LogP contribution in [0.4, 0.5) is 5.69 Å². The maximum atomic E-state index is 12.2. The molecule has 0 atom stereocenters. The van der Waals surface area contributed by atoms with Crippen molar-refractivity contribution in [3.63, 3.8) is 0 Å². The minimum Gasteiger partial charge on any atom is -0.478 e. The molecule has 1 aliphatic rings. The number of hydrogen-bond acceptors (Lipinski definition) is 5. The van der Waals surface area contributed by atoms with Gasteiger partial charge in [0.15, 0.2) is 15.5 Å². The van der Waals surface area contributed by atoms with Gasteiger partial charge in [-0.3, -0.25) is 4.79 Å². The van der Waals surface area contributed by atoms with E-state index in [4.69, 9.17) is 4.74 Å². The smallest absolute Gasteiger partial charge is 0.276 e. The molecule has 2 aromatic rings. The number of benzene rings is 1. The summed E-state index contributed by atoms with van der Waals surface area (Å²) in [6.45, 7) is 1.35. The topological polar surface area (TPSA) is 90.3 Å². The van der Waals surface area contributed by atoms with Crippen molar-refractivity contribution in [3.05, 3.63) is 36.0 Å². The van der Waals surface area contributed by atoms with Crippen LogP contribution in [0.1, 0.15) is 16.9 Å². The number of anilines is 1. The summed E-state index contributed by atoms with van der Waals surface area (Å²) >= 11 is 0. The molecule has 1 aromatic heterocycles. The van der Waals surface area contributed by atoms with E-state index in [2.05, 4.69) is 10.4 Å². The predicted molar refractivity (Wildman–Crippen MR) is 79.8 cm³/mol. The normalized spacial score (nSPS) is 14.0. The molecule has 22 heavy (non-hydrogen) atoms. The van der Waals surface area contributed by atoms with Crippen LogP contribution < -0.4 is 10.1 Å².